The number of carboxylic acid groups (broad SMARTS) is 1. The Balaban J connectivity index is 3.37. The number of nitrogens with two attached hydrogens (primary N) is 1. The van der Waals surface area contributed by atoms with E-state index in [9.17, 15) is 13.2 Å². The highest BCUT2D eigenvalue weighted by atomic mass is 32.2. The molecule has 0 saturated carbocycles. The molecule has 0 saturated heterocycles. The quantitative estimate of drug-likeness (QED) is 0.496. The lowest BCUT2D eigenvalue weighted by Crippen LogP contribution is -2.58. The first-order valence-electron chi connectivity index (χ1n) is 4.37. The minimum absolute atomic E-state index is 0.0992. The van der Waals surface area contributed by atoms with E-state index in [1.54, 1.807) is 6.07 Å². The molecule has 7 heteroatoms. The molecule has 1 aromatic rings. The van der Waals surface area contributed by atoms with Gasteiger partial charge >= 0.3 is 5.97 Å². The topological polar surface area (TPSA) is 109 Å². The Morgan fingerprint density at radius 2 is 1.88 bits per heavy atom. The van der Waals surface area contributed by atoms with Crippen molar-refractivity contribution >= 4 is 15.8 Å². The molecule has 1 unspecified atom stereocenters. The molecule has 0 aliphatic carbocycles. The number of carbonyl (C=O) groups is 1. The standard InChI is InChI=1S/C9H12N2O4S/c1-9(11-10,8(12)13)16(14,15)7-5-3-2-4-6-7/h2-6,11H,10H2,1H3,(H,12,13). The summed E-state index contributed by atoms with van der Waals surface area (Å²) >= 11 is 0. The van der Waals surface area contributed by atoms with Crippen LogP contribution >= 0.6 is 0 Å². The second kappa shape index (κ2) is 4.20. The fraction of sp³-hybridized carbons (Fsp3) is 0.222. The minimum Gasteiger partial charge on any atom is -0.479 e. The van der Waals surface area contributed by atoms with E-state index in [-0.39, 0.29) is 4.90 Å². The van der Waals surface area contributed by atoms with Crippen molar-refractivity contribution in [3.05, 3.63) is 30.3 Å². The maximum Gasteiger partial charge on any atom is 0.341 e. The molecule has 6 nitrogen and oxygen atoms in total. The molecule has 0 fully saturated rings. The van der Waals surface area contributed by atoms with Crippen LogP contribution in [-0.2, 0) is 14.6 Å². The van der Waals surface area contributed by atoms with E-state index < -0.39 is 20.7 Å². The maximum absolute atomic E-state index is 12.0. The molecule has 0 heterocycles. The summed E-state index contributed by atoms with van der Waals surface area (Å²) in [6, 6.07) is 7.27. The molecular formula is C9H12N2O4S. The van der Waals surface area contributed by atoms with Crippen LogP contribution in [0.1, 0.15) is 6.92 Å². The summed E-state index contributed by atoms with van der Waals surface area (Å²) in [7, 11) is -4.09. The molecule has 0 aliphatic rings. The third-order valence-electron chi connectivity index (χ3n) is 2.27. The predicted octanol–water partition coefficient (Wildman–Crippen LogP) is -0.276. The zero-order valence-electron chi connectivity index (χ0n) is 8.54. The molecule has 4 N–H and O–H groups in total. The summed E-state index contributed by atoms with van der Waals surface area (Å²) in [4.78, 5) is 8.61. The summed E-state index contributed by atoms with van der Waals surface area (Å²) in [5, 5.41) is 8.91. The minimum atomic E-state index is -4.09. The molecule has 0 amide bonds. The molecule has 0 spiro atoms. The third kappa shape index (κ3) is 1.80. The Bertz CT molecular complexity index is 485. The summed E-state index contributed by atoms with van der Waals surface area (Å²) in [6.45, 7) is 0.998. The van der Waals surface area contributed by atoms with E-state index in [1.165, 1.54) is 24.3 Å². The Morgan fingerprint density at radius 3 is 2.25 bits per heavy atom. The van der Waals surface area contributed by atoms with Gasteiger partial charge in [-0.3, -0.25) is 5.84 Å². The van der Waals surface area contributed by atoms with Crippen LogP contribution in [0.25, 0.3) is 0 Å². The van der Waals surface area contributed by atoms with Gasteiger partial charge in [0.1, 0.15) is 0 Å². The number of hydrogen-bond acceptors (Lipinski definition) is 5. The van der Waals surface area contributed by atoms with Gasteiger partial charge in [-0.15, -0.1) is 0 Å². The molecule has 88 valence electrons. The van der Waals surface area contributed by atoms with E-state index in [0.29, 0.717) is 0 Å². The molecule has 0 aliphatic heterocycles. The molecule has 0 bridgehead atoms. The number of aliphatic carboxylic acids is 1. The van der Waals surface area contributed by atoms with Gasteiger partial charge in [0, 0.05) is 0 Å². The van der Waals surface area contributed by atoms with E-state index in [0.717, 1.165) is 6.92 Å². The van der Waals surface area contributed by atoms with Crippen LogP contribution in [0.2, 0.25) is 0 Å². The van der Waals surface area contributed by atoms with Gasteiger partial charge in [-0.25, -0.2) is 18.6 Å². The molecule has 1 atom stereocenters. The van der Waals surface area contributed by atoms with Crippen molar-refractivity contribution in [1.82, 2.24) is 5.43 Å². The Labute approximate surface area is 93.0 Å². The molecule has 0 aromatic heterocycles. The first-order chi connectivity index (χ1) is 7.36. The number of hydrogen-bond donors (Lipinski definition) is 3. The Kier molecular flexibility index (Phi) is 3.32. The van der Waals surface area contributed by atoms with Gasteiger partial charge in [-0.1, -0.05) is 18.2 Å². The maximum atomic E-state index is 12.0. The highest BCUT2D eigenvalue weighted by Gasteiger charge is 2.46. The molecule has 0 radical (unpaired) electrons. The number of nitrogens with one attached hydrogen (secondary N) is 1. The van der Waals surface area contributed by atoms with Crippen LogP contribution < -0.4 is 11.3 Å². The van der Waals surface area contributed by atoms with E-state index in [4.69, 9.17) is 10.9 Å². The lowest BCUT2D eigenvalue weighted by molar-refractivity contribution is -0.140. The van der Waals surface area contributed by atoms with Crippen molar-refractivity contribution in [3.8, 4) is 0 Å². The summed E-state index contributed by atoms with van der Waals surface area (Å²) in [5.74, 6) is 3.46. The van der Waals surface area contributed by atoms with Crippen LogP contribution in [0.5, 0.6) is 0 Å². The highest BCUT2D eigenvalue weighted by Crippen LogP contribution is 2.22. The SMILES string of the molecule is CC(NN)(C(=O)O)S(=O)(=O)c1ccccc1. The van der Waals surface area contributed by atoms with Crippen LogP contribution in [0, 0.1) is 0 Å². The fourth-order valence-electron chi connectivity index (χ4n) is 1.09. The molecule has 1 aromatic carbocycles. The number of carboxylic acids is 1. The molecule has 1 rings (SSSR count). The zero-order chi connectivity index (χ0) is 12.4. The van der Waals surface area contributed by atoms with E-state index in [1.807, 2.05) is 5.43 Å². The van der Waals surface area contributed by atoms with Gasteiger partial charge in [0.2, 0.25) is 14.7 Å². The van der Waals surface area contributed by atoms with Gasteiger partial charge in [0.05, 0.1) is 4.90 Å². The first kappa shape index (κ1) is 12.6. The number of sulfone groups is 1. The van der Waals surface area contributed by atoms with Gasteiger partial charge in [-0.05, 0) is 19.1 Å². The van der Waals surface area contributed by atoms with Crippen molar-refractivity contribution in [1.29, 1.82) is 0 Å². The largest absolute Gasteiger partial charge is 0.479 e. The third-order valence-corrected chi connectivity index (χ3v) is 4.53. The summed E-state index contributed by atoms with van der Waals surface area (Å²) in [6.07, 6.45) is 0. The first-order valence-corrected chi connectivity index (χ1v) is 5.85. The fourth-order valence-corrected chi connectivity index (χ4v) is 2.46. The molecular weight excluding hydrogens is 232 g/mol. The second-order valence-corrected chi connectivity index (χ2v) is 5.59. The smallest absolute Gasteiger partial charge is 0.341 e. The van der Waals surface area contributed by atoms with Crippen molar-refractivity contribution in [3.63, 3.8) is 0 Å². The van der Waals surface area contributed by atoms with Crippen molar-refractivity contribution in [2.24, 2.45) is 5.84 Å². The van der Waals surface area contributed by atoms with Crippen LogP contribution in [-0.4, -0.2) is 24.4 Å². The van der Waals surface area contributed by atoms with Crippen LogP contribution in [0.3, 0.4) is 0 Å². The van der Waals surface area contributed by atoms with Crippen molar-refractivity contribution in [2.45, 2.75) is 16.7 Å². The number of benzene rings is 1. The van der Waals surface area contributed by atoms with Crippen molar-refractivity contribution in [2.75, 3.05) is 0 Å². The van der Waals surface area contributed by atoms with Gasteiger partial charge in [-0.2, -0.15) is 0 Å². The van der Waals surface area contributed by atoms with Gasteiger partial charge in [0.25, 0.3) is 0 Å². The lowest BCUT2D eigenvalue weighted by Gasteiger charge is -2.23. The Morgan fingerprint density at radius 1 is 1.38 bits per heavy atom. The molecule has 16 heavy (non-hydrogen) atoms. The van der Waals surface area contributed by atoms with Crippen LogP contribution in [0.4, 0.5) is 0 Å². The van der Waals surface area contributed by atoms with E-state index >= 15 is 0 Å². The monoisotopic (exact) mass is 244 g/mol. The zero-order valence-corrected chi connectivity index (χ0v) is 9.36. The number of rotatable bonds is 4. The van der Waals surface area contributed by atoms with Crippen molar-refractivity contribution < 1.29 is 18.3 Å². The normalized spacial score (nSPS) is 15.4. The lowest BCUT2D eigenvalue weighted by atomic mass is 10.3. The second-order valence-electron chi connectivity index (χ2n) is 3.30. The highest BCUT2D eigenvalue weighted by molar-refractivity contribution is 7.93. The summed E-state index contributed by atoms with van der Waals surface area (Å²) in [5.41, 5.74) is 1.83. The average molecular weight is 244 g/mol. The van der Waals surface area contributed by atoms with E-state index in [2.05, 4.69) is 0 Å². The summed E-state index contributed by atoms with van der Waals surface area (Å²) < 4.78 is 24.0. The average Bonchev–Trinajstić information content (AvgIpc) is 2.28. The van der Waals surface area contributed by atoms with Gasteiger partial charge < -0.3 is 5.11 Å². The van der Waals surface area contributed by atoms with Gasteiger partial charge in [0.15, 0.2) is 0 Å². The predicted molar refractivity (Wildman–Crippen MR) is 57.0 cm³/mol. The number of hydrazine groups is 1. The van der Waals surface area contributed by atoms with Crippen LogP contribution in [0.15, 0.2) is 35.2 Å². The Hall–Kier alpha value is -1.44.